The number of aromatic nitrogens is 1. The highest BCUT2D eigenvalue weighted by Crippen LogP contribution is 2.30. The second-order valence-electron chi connectivity index (χ2n) is 9.99. The molecule has 4 rings (SSSR count). The first-order valence-electron chi connectivity index (χ1n) is 13.1. The van der Waals surface area contributed by atoms with E-state index in [2.05, 4.69) is 23.9 Å². The zero-order chi connectivity index (χ0) is 26.6. The number of amides is 1. The molecule has 1 aromatic carbocycles. The van der Waals surface area contributed by atoms with Gasteiger partial charge in [0.05, 0.1) is 0 Å². The minimum atomic E-state index is -3.89. The average Bonchev–Trinajstić information content (AvgIpc) is 3.29. The van der Waals surface area contributed by atoms with Gasteiger partial charge in [-0.25, -0.2) is 12.8 Å². The first-order valence-corrected chi connectivity index (χ1v) is 14.6. The fourth-order valence-corrected chi connectivity index (χ4v) is 7.01. The molecule has 0 bridgehead atoms. The zero-order valence-electron chi connectivity index (χ0n) is 21.9. The summed E-state index contributed by atoms with van der Waals surface area (Å²) < 4.78 is 47.7. The highest BCUT2D eigenvalue weighted by Gasteiger charge is 2.37. The summed E-state index contributed by atoms with van der Waals surface area (Å²) in [6, 6.07) is 6.74. The first-order chi connectivity index (χ1) is 17.7. The number of sulfonamides is 1. The minimum Gasteiger partial charge on any atom is -0.355 e. The Labute approximate surface area is 219 Å². The van der Waals surface area contributed by atoms with Gasteiger partial charge in [-0.3, -0.25) is 9.69 Å². The smallest absolute Gasteiger partial charge is 0.248 e. The highest BCUT2D eigenvalue weighted by atomic mass is 32.2. The molecule has 1 aromatic heterocycles. The maximum absolute atomic E-state index is 14.0. The molecular weight excluding hydrogens is 495 g/mol. The molecule has 1 unspecified atom stereocenters. The van der Waals surface area contributed by atoms with Gasteiger partial charge in [-0.1, -0.05) is 36.7 Å². The van der Waals surface area contributed by atoms with E-state index in [1.807, 2.05) is 4.90 Å². The van der Waals surface area contributed by atoms with E-state index in [-0.39, 0.29) is 41.3 Å². The number of piperidine rings is 1. The van der Waals surface area contributed by atoms with Crippen molar-refractivity contribution >= 4 is 28.1 Å². The van der Waals surface area contributed by atoms with Crippen LogP contribution in [0, 0.1) is 18.7 Å². The van der Waals surface area contributed by atoms with Crippen LogP contribution in [0.15, 0.2) is 33.7 Å². The molecule has 37 heavy (non-hydrogen) atoms. The molecule has 0 aliphatic carbocycles. The van der Waals surface area contributed by atoms with Crippen LogP contribution in [-0.4, -0.2) is 78.9 Å². The lowest BCUT2D eigenvalue weighted by Gasteiger charge is -2.40. The van der Waals surface area contributed by atoms with Gasteiger partial charge in [-0.05, 0) is 51.3 Å². The molecule has 2 saturated heterocycles. The molecule has 1 amide bonds. The summed E-state index contributed by atoms with van der Waals surface area (Å²) in [5.74, 6) is -0.387. The van der Waals surface area contributed by atoms with Crippen molar-refractivity contribution in [3.05, 3.63) is 47.1 Å². The number of hydrogen-bond donors (Lipinski definition) is 0. The number of benzene rings is 1. The number of hydrogen-bond acceptors (Lipinski definition) is 6. The number of halogens is 1. The third kappa shape index (κ3) is 6.13. The second kappa shape index (κ2) is 11.9. The van der Waals surface area contributed by atoms with Crippen molar-refractivity contribution in [2.24, 2.45) is 5.92 Å². The summed E-state index contributed by atoms with van der Waals surface area (Å²) in [6.07, 6.45) is 6.18. The lowest BCUT2D eigenvalue weighted by molar-refractivity contribution is -0.138. The van der Waals surface area contributed by atoms with E-state index < -0.39 is 15.8 Å². The Morgan fingerprint density at radius 2 is 1.81 bits per heavy atom. The lowest BCUT2D eigenvalue weighted by Crippen LogP contribution is -2.53. The van der Waals surface area contributed by atoms with Crippen LogP contribution in [-0.2, 0) is 14.8 Å². The van der Waals surface area contributed by atoms with Crippen LogP contribution in [0.5, 0.6) is 0 Å². The topological polar surface area (TPSA) is 87.0 Å². The van der Waals surface area contributed by atoms with Crippen LogP contribution in [0.25, 0.3) is 12.2 Å². The number of carbonyl (C=O) groups excluding carboxylic acids is 1. The van der Waals surface area contributed by atoms with Gasteiger partial charge in [0, 0.05) is 56.8 Å². The quantitative estimate of drug-likeness (QED) is 0.510. The van der Waals surface area contributed by atoms with Crippen LogP contribution in [0.2, 0.25) is 0 Å². The molecule has 202 valence electrons. The van der Waals surface area contributed by atoms with Crippen LogP contribution in [0.3, 0.4) is 0 Å². The number of aryl methyl sites for hydroxylation is 1. The number of carbonyl (C=O) groups is 1. The second-order valence-corrected chi connectivity index (χ2v) is 11.9. The van der Waals surface area contributed by atoms with Crippen molar-refractivity contribution < 1.29 is 22.1 Å². The summed E-state index contributed by atoms with van der Waals surface area (Å²) in [4.78, 5) is 17.5. The van der Waals surface area contributed by atoms with Crippen LogP contribution < -0.4 is 0 Å². The van der Waals surface area contributed by atoms with Gasteiger partial charge in [0.25, 0.3) is 0 Å². The Bertz CT molecular complexity index is 1210. The van der Waals surface area contributed by atoms with Crippen molar-refractivity contribution in [2.45, 2.75) is 57.4 Å². The Kier molecular flexibility index (Phi) is 8.82. The molecule has 2 aliphatic heterocycles. The summed E-state index contributed by atoms with van der Waals surface area (Å²) >= 11 is 0. The number of nitrogens with zero attached hydrogens (tertiary/aromatic N) is 4. The molecule has 2 aromatic rings. The molecule has 2 aliphatic rings. The van der Waals surface area contributed by atoms with Crippen LogP contribution in [0.1, 0.15) is 56.5 Å². The molecule has 2 fully saturated rings. The van der Waals surface area contributed by atoms with E-state index >= 15 is 0 Å². The van der Waals surface area contributed by atoms with E-state index in [0.29, 0.717) is 24.4 Å². The fraction of sp³-hybridized carbons (Fsp3) is 0.556. The average molecular weight is 533 g/mol. The van der Waals surface area contributed by atoms with Crippen molar-refractivity contribution in [3.63, 3.8) is 0 Å². The van der Waals surface area contributed by atoms with Gasteiger partial charge >= 0.3 is 0 Å². The normalized spacial score (nSPS) is 19.5. The number of piperazine rings is 1. The summed E-state index contributed by atoms with van der Waals surface area (Å²) in [5.41, 5.74) is 0.571. The third-order valence-corrected chi connectivity index (χ3v) is 9.57. The van der Waals surface area contributed by atoms with Crippen molar-refractivity contribution in [3.8, 4) is 0 Å². The predicted molar refractivity (Wildman–Crippen MR) is 141 cm³/mol. The molecule has 8 nitrogen and oxygen atoms in total. The Hall–Kier alpha value is -2.56. The molecule has 10 heteroatoms. The van der Waals surface area contributed by atoms with Crippen molar-refractivity contribution in [2.75, 3.05) is 39.3 Å². The van der Waals surface area contributed by atoms with Crippen LogP contribution in [0.4, 0.5) is 4.39 Å². The van der Waals surface area contributed by atoms with E-state index in [9.17, 15) is 17.6 Å². The monoisotopic (exact) mass is 532 g/mol. The van der Waals surface area contributed by atoms with E-state index in [4.69, 9.17) is 4.52 Å². The van der Waals surface area contributed by atoms with E-state index in [0.717, 1.165) is 39.0 Å². The van der Waals surface area contributed by atoms with Gasteiger partial charge in [-0.2, -0.15) is 4.31 Å². The van der Waals surface area contributed by atoms with Gasteiger partial charge in [0.15, 0.2) is 10.7 Å². The van der Waals surface area contributed by atoms with E-state index in [1.165, 1.54) is 22.5 Å². The molecule has 0 radical (unpaired) electrons. The summed E-state index contributed by atoms with van der Waals surface area (Å²) in [5, 5.41) is 3.86. The largest absolute Gasteiger partial charge is 0.355 e. The SMILES string of the molecule is CCCC(C)N1CCN(C(=O)C2CCN(S(=O)(=O)c3c(C)noc3C=Cc3ccccc3F)CC2)CC1. The lowest BCUT2D eigenvalue weighted by atomic mass is 9.96. The summed E-state index contributed by atoms with van der Waals surface area (Å²) in [7, 11) is -3.89. The zero-order valence-corrected chi connectivity index (χ0v) is 22.7. The fourth-order valence-electron chi connectivity index (χ4n) is 5.29. The molecule has 1 atom stereocenters. The predicted octanol–water partition coefficient (Wildman–Crippen LogP) is 4.03. The summed E-state index contributed by atoms with van der Waals surface area (Å²) in [6.45, 7) is 9.75. The van der Waals surface area contributed by atoms with Crippen molar-refractivity contribution in [1.29, 1.82) is 0 Å². The molecule has 0 spiro atoms. The Balaban J connectivity index is 1.38. The highest BCUT2D eigenvalue weighted by molar-refractivity contribution is 7.89. The third-order valence-electron chi connectivity index (χ3n) is 7.51. The van der Waals surface area contributed by atoms with Gasteiger partial charge in [-0.15, -0.1) is 0 Å². The standard InChI is InChI=1S/C27H37FN4O4S/c1-4-7-20(2)30-16-18-31(19-17-30)27(33)23-12-14-32(15-13-23)37(34,35)26-21(3)29-36-25(26)11-10-22-8-5-6-9-24(22)28/h5-6,8-11,20,23H,4,7,12-19H2,1-3H3. The maximum atomic E-state index is 14.0. The molecule has 0 N–H and O–H groups in total. The van der Waals surface area contributed by atoms with Crippen molar-refractivity contribution in [1.82, 2.24) is 19.3 Å². The van der Waals surface area contributed by atoms with Gasteiger partial charge < -0.3 is 9.42 Å². The Morgan fingerprint density at radius 1 is 1.14 bits per heavy atom. The van der Waals surface area contributed by atoms with Crippen LogP contribution >= 0.6 is 0 Å². The molecule has 0 saturated carbocycles. The Morgan fingerprint density at radius 3 is 2.46 bits per heavy atom. The number of rotatable bonds is 8. The maximum Gasteiger partial charge on any atom is 0.248 e. The molecule has 3 heterocycles. The first kappa shape index (κ1) is 27.5. The molecular formula is C27H37FN4O4S. The van der Waals surface area contributed by atoms with Gasteiger partial charge in [0.1, 0.15) is 11.5 Å². The van der Waals surface area contributed by atoms with Gasteiger partial charge in [0.2, 0.25) is 15.9 Å². The minimum absolute atomic E-state index is 0.0119. The van der Waals surface area contributed by atoms with E-state index in [1.54, 1.807) is 25.1 Å².